The maximum atomic E-state index is 13.2. The lowest BCUT2D eigenvalue weighted by molar-refractivity contribution is -0.133. The number of rotatable bonds is 7. The lowest BCUT2D eigenvalue weighted by Crippen LogP contribution is -2.33. The summed E-state index contributed by atoms with van der Waals surface area (Å²) in [4.78, 5) is 19.6. The minimum atomic E-state index is -0.0133. The van der Waals surface area contributed by atoms with Crippen molar-refractivity contribution in [3.05, 3.63) is 78.4 Å². The van der Waals surface area contributed by atoms with Crippen LogP contribution in [0.4, 0.5) is 0 Å². The molecule has 6 heteroatoms. The second-order valence-electron chi connectivity index (χ2n) is 6.36. The molecule has 3 aromatic heterocycles. The predicted octanol–water partition coefficient (Wildman–Crippen LogP) is 4.01. The lowest BCUT2D eigenvalue weighted by atomic mass is 10.3. The van der Waals surface area contributed by atoms with Crippen LogP contribution >= 0.6 is 0 Å². The Labute approximate surface area is 157 Å². The van der Waals surface area contributed by atoms with E-state index in [-0.39, 0.29) is 12.5 Å². The number of furan rings is 2. The van der Waals surface area contributed by atoms with E-state index in [0.29, 0.717) is 13.1 Å². The molecule has 0 fully saturated rings. The van der Waals surface area contributed by atoms with Crippen molar-refractivity contribution in [2.45, 2.75) is 33.0 Å². The normalized spacial score (nSPS) is 11.1. The quantitative estimate of drug-likeness (QED) is 0.498. The average molecular weight is 363 g/mol. The van der Waals surface area contributed by atoms with Gasteiger partial charge in [-0.2, -0.15) is 0 Å². The van der Waals surface area contributed by atoms with Gasteiger partial charge in [0.05, 0.1) is 36.6 Å². The van der Waals surface area contributed by atoms with Gasteiger partial charge in [0.25, 0.3) is 0 Å². The lowest BCUT2D eigenvalue weighted by Gasteiger charge is -2.21. The highest BCUT2D eigenvalue weighted by molar-refractivity contribution is 5.81. The van der Waals surface area contributed by atoms with Crippen molar-refractivity contribution < 1.29 is 13.6 Å². The van der Waals surface area contributed by atoms with Crippen molar-refractivity contribution >= 4 is 16.9 Å². The highest BCUT2D eigenvalue weighted by atomic mass is 16.3. The molecule has 3 heterocycles. The largest absolute Gasteiger partial charge is 0.467 e. The third kappa shape index (κ3) is 3.65. The highest BCUT2D eigenvalue weighted by Gasteiger charge is 2.20. The van der Waals surface area contributed by atoms with Crippen molar-refractivity contribution in [1.29, 1.82) is 0 Å². The van der Waals surface area contributed by atoms with Crippen LogP contribution in [0, 0.1) is 0 Å². The summed E-state index contributed by atoms with van der Waals surface area (Å²) in [5.41, 5.74) is 1.88. The summed E-state index contributed by atoms with van der Waals surface area (Å²) in [6.07, 6.45) is 3.99. The molecule has 0 saturated heterocycles. The van der Waals surface area contributed by atoms with Gasteiger partial charge < -0.3 is 18.3 Å². The molecule has 0 unspecified atom stereocenters. The van der Waals surface area contributed by atoms with Gasteiger partial charge >= 0.3 is 0 Å². The molecule has 0 aliphatic rings. The molecule has 0 bridgehead atoms. The van der Waals surface area contributed by atoms with E-state index in [1.54, 1.807) is 17.4 Å². The minimum absolute atomic E-state index is 0.0133. The number of para-hydroxylation sites is 2. The summed E-state index contributed by atoms with van der Waals surface area (Å²) in [5.74, 6) is 2.36. The van der Waals surface area contributed by atoms with Gasteiger partial charge in [-0.15, -0.1) is 0 Å². The van der Waals surface area contributed by atoms with Gasteiger partial charge in [0.1, 0.15) is 23.9 Å². The van der Waals surface area contributed by atoms with Gasteiger partial charge in [-0.3, -0.25) is 4.79 Å². The average Bonchev–Trinajstić information content (AvgIpc) is 3.43. The van der Waals surface area contributed by atoms with E-state index < -0.39 is 0 Å². The topological polar surface area (TPSA) is 64.4 Å². The number of hydrogen-bond acceptors (Lipinski definition) is 4. The first-order valence-electron chi connectivity index (χ1n) is 9.01. The number of fused-ring (bicyclic) bond motifs is 1. The van der Waals surface area contributed by atoms with Gasteiger partial charge in [-0.25, -0.2) is 4.98 Å². The van der Waals surface area contributed by atoms with E-state index in [1.165, 1.54) is 0 Å². The molecule has 0 atom stereocenters. The van der Waals surface area contributed by atoms with E-state index in [9.17, 15) is 4.79 Å². The van der Waals surface area contributed by atoms with Gasteiger partial charge in [-0.05, 0) is 36.4 Å². The van der Waals surface area contributed by atoms with Crippen LogP contribution in [0.15, 0.2) is 69.9 Å². The van der Waals surface area contributed by atoms with Crippen molar-refractivity contribution in [3.8, 4) is 0 Å². The van der Waals surface area contributed by atoms with Gasteiger partial charge in [0.15, 0.2) is 0 Å². The first kappa shape index (κ1) is 17.1. The fraction of sp³-hybridized carbons (Fsp3) is 0.238. The second kappa shape index (κ2) is 7.53. The van der Waals surface area contributed by atoms with E-state index in [0.717, 1.165) is 34.8 Å². The molecular weight excluding hydrogens is 342 g/mol. The third-order valence-electron chi connectivity index (χ3n) is 4.55. The van der Waals surface area contributed by atoms with Crippen LogP contribution in [0.2, 0.25) is 0 Å². The molecule has 27 heavy (non-hydrogen) atoms. The molecule has 0 aliphatic heterocycles. The zero-order valence-corrected chi connectivity index (χ0v) is 15.2. The number of hydrogen-bond donors (Lipinski definition) is 0. The molecule has 138 valence electrons. The van der Waals surface area contributed by atoms with E-state index in [1.807, 2.05) is 60.0 Å². The maximum Gasteiger partial charge on any atom is 0.243 e. The first-order chi connectivity index (χ1) is 13.2. The predicted molar refractivity (Wildman–Crippen MR) is 101 cm³/mol. The van der Waals surface area contributed by atoms with Crippen LogP contribution in [0.5, 0.6) is 0 Å². The van der Waals surface area contributed by atoms with Crippen LogP contribution in [0.25, 0.3) is 11.0 Å². The number of imidazole rings is 1. The molecule has 0 radical (unpaired) electrons. The van der Waals surface area contributed by atoms with Crippen molar-refractivity contribution in [2.75, 3.05) is 0 Å². The number of amides is 1. The standard InChI is InChI=1S/C21H21N3O3/c1-2-20-22-18-9-3-4-10-19(18)24(20)15-21(25)23(13-16-7-5-11-26-16)14-17-8-6-12-27-17/h3-12H,2,13-15H2,1H3. The van der Waals surface area contributed by atoms with E-state index in [2.05, 4.69) is 4.98 Å². The first-order valence-corrected chi connectivity index (χ1v) is 9.01. The summed E-state index contributed by atoms with van der Waals surface area (Å²) in [5, 5.41) is 0. The summed E-state index contributed by atoms with van der Waals surface area (Å²) < 4.78 is 12.9. The van der Waals surface area contributed by atoms with Gasteiger partial charge in [0, 0.05) is 6.42 Å². The molecule has 1 aromatic carbocycles. The van der Waals surface area contributed by atoms with Crippen LogP contribution in [0.1, 0.15) is 24.3 Å². The molecule has 1 amide bonds. The number of aromatic nitrogens is 2. The Morgan fingerprint density at radius 3 is 2.26 bits per heavy atom. The zero-order valence-electron chi connectivity index (χ0n) is 15.2. The highest BCUT2D eigenvalue weighted by Crippen LogP contribution is 2.18. The fourth-order valence-electron chi connectivity index (χ4n) is 3.22. The Morgan fingerprint density at radius 2 is 1.67 bits per heavy atom. The maximum absolute atomic E-state index is 13.2. The number of nitrogens with zero attached hydrogens (tertiary/aromatic N) is 3. The van der Waals surface area contributed by atoms with Gasteiger partial charge in [0.2, 0.25) is 5.91 Å². The third-order valence-corrected chi connectivity index (χ3v) is 4.55. The Kier molecular flexibility index (Phi) is 4.78. The van der Waals surface area contributed by atoms with E-state index >= 15 is 0 Å². The summed E-state index contributed by atoms with van der Waals surface area (Å²) in [6.45, 7) is 3.05. The fourth-order valence-corrected chi connectivity index (χ4v) is 3.22. The van der Waals surface area contributed by atoms with Crippen LogP contribution in [-0.2, 0) is 30.8 Å². The molecule has 0 saturated carbocycles. The molecular formula is C21H21N3O3. The monoisotopic (exact) mass is 363 g/mol. The smallest absolute Gasteiger partial charge is 0.243 e. The Bertz CT molecular complexity index is 980. The molecule has 0 spiro atoms. The summed E-state index contributed by atoms with van der Waals surface area (Å²) >= 11 is 0. The number of carbonyl (C=O) groups excluding carboxylic acids is 1. The van der Waals surface area contributed by atoms with Gasteiger partial charge in [-0.1, -0.05) is 19.1 Å². The molecule has 4 rings (SSSR count). The summed E-state index contributed by atoms with van der Waals surface area (Å²) in [7, 11) is 0. The Hall–Kier alpha value is -3.28. The molecule has 0 aliphatic carbocycles. The number of aryl methyl sites for hydroxylation is 1. The zero-order chi connectivity index (χ0) is 18.6. The van der Waals surface area contributed by atoms with Crippen molar-refractivity contribution in [1.82, 2.24) is 14.5 Å². The number of benzene rings is 1. The van der Waals surface area contributed by atoms with Crippen molar-refractivity contribution in [2.24, 2.45) is 0 Å². The minimum Gasteiger partial charge on any atom is -0.467 e. The SMILES string of the molecule is CCc1nc2ccccc2n1CC(=O)N(Cc1ccco1)Cc1ccco1. The second-order valence-corrected chi connectivity index (χ2v) is 6.36. The van der Waals surface area contributed by atoms with E-state index in [4.69, 9.17) is 8.83 Å². The molecule has 6 nitrogen and oxygen atoms in total. The van der Waals surface area contributed by atoms with Crippen molar-refractivity contribution in [3.63, 3.8) is 0 Å². The van der Waals surface area contributed by atoms with Crippen LogP contribution in [0.3, 0.4) is 0 Å². The number of carbonyl (C=O) groups is 1. The molecule has 0 N–H and O–H groups in total. The van der Waals surface area contributed by atoms with Crippen LogP contribution in [-0.4, -0.2) is 20.4 Å². The Morgan fingerprint density at radius 1 is 1.00 bits per heavy atom. The Balaban J connectivity index is 1.61. The molecule has 4 aromatic rings. The van der Waals surface area contributed by atoms with Crippen LogP contribution < -0.4 is 0 Å². The summed E-state index contributed by atoms with van der Waals surface area (Å²) in [6, 6.07) is 15.3.